The fourth-order valence-corrected chi connectivity index (χ4v) is 1.92. The smallest absolute Gasteiger partial charge is 0.302 e. The molecule has 0 aromatic heterocycles. The number of benzene rings is 1. The molecule has 0 bridgehead atoms. The summed E-state index contributed by atoms with van der Waals surface area (Å²) in [6, 6.07) is 8.59. The van der Waals surface area contributed by atoms with Crippen molar-refractivity contribution in [3.05, 3.63) is 35.9 Å². The minimum atomic E-state index is -2.75. The van der Waals surface area contributed by atoms with Gasteiger partial charge in [0, 0.05) is 6.92 Å². The van der Waals surface area contributed by atoms with Gasteiger partial charge >= 0.3 is 5.97 Å². The lowest BCUT2D eigenvalue weighted by Gasteiger charge is -1.99. The van der Waals surface area contributed by atoms with E-state index in [-0.39, 0.29) is 6.61 Å². The van der Waals surface area contributed by atoms with Gasteiger partial charge in [0.25, 0.3) is 5.92 Å². The minimum absolute atomic E-state index is 0.206. The monoisotopic (exact) mass is 226 g/mol. The van der Waals surface area contributed by atoms with Gasteiger partial charge in [-0.3, -0.25) is 4.79 Å². The molecule has 1 aromatic rings. The zero-order valence-electron chi connectivity index (χ0n) is 8.82. The summed E-state index contributed by atoms with van der Waals surface area (Å²) >= 11 is 0. The van der Waals surface area contributed by atoms with Crippen LogP contribution in [0.1, 0.15) is 18.4 Å². The van der Waals surface area contributed by atoms with Crippen molar-refractivity contribution in [3.63, 3.8) is 0 Å². The second kappa shape index (κ2) is 3.85. The van der Waals surface area contributed by atoms with Crippen LogP contribution >= 0.6 is 0 Å². The third kappa shape index (κ3) is 1.92. The van der Waals surface area contributed by atoms with Crippen LogP contribution < -0.4 is 0 Å². The summed E-state index contributed by atoms with van der Waals surface area (Å²) in [4.78, 5) is 10.6. The van der Waals surface area contributed by atoms with E-state index in [9.17, 15) is 13.6 Å². The zero-order chi connectivity index (χ0) is 11.8. The van der Waals surface area contributed by atoms with Gasteiger partial charge in [0.2, 0.25) is 0 Å². The Kier molecular flexibility index (Phi) is 2.66. The highest BCUT2D eigenvalue weighted by Gasteiger charge is 2.69. The normalized spacial score (nSPS) is 26.2. The van der Waals surface area contributed by atoms with Gasteiger partial charge in [-0.15, -0.1) is 0 Å². The molecule has 0 amide bonds. The molecule has 1 fully saturated rings. The van der Waals surface area contributed by atoms with E-state index in [0.717, 1.165) is 0 Å². The van der Waals surface area contributed by atoms with Gasteiger partial charge in [-0.05, 0) is 5.56 Å². The molecule has 0 saturated heterocycles. The number of ether oxygens (including phenoxy) is 1. The van der Waals surface area contributed by atoms with E-state index < -0.39 is 23.7 Å². The standard InChI is InChI=1S/C12H12F2O2/c1-8(15)16-7-10-11(12(10,13)14)9-5-3-2-4-6-9/h2-6,10-11H,7H2,1H3/t10-,11-/m0/s1. The molecule has 1 aromatic carbocycles. The lowest BCUT2D eigenvalue weighted by molar-refractivity contribution is -0.142. The summed E-state index contributed by atoms with van der Waals surface area (Å²) in [5, 5.41) is 0. The summed E-state index contributed by atoms with van der Waals surface area (Å²) in [5.74, 6) is -4.96. The number of alkyl halides is 2. The van der Waals surface area contributed by atoms with Gasteiger partial charge in [0.05, 0.1) is 11.8 Å². The van der Waals surface area contributed by atoms with Crippen molar-refractivity contribution in [1.82, 2.24) is 0 Å². The van der Waals surface area contributed by atoms with Gasteiger partial charge in [0.15, 0.2) is 0 Å². The topological polar surface area (TPSA) is 26.3 Å². The highest BCUT2D eigenvalue weighted by Crippen LogP contribution is 2.61. The number of rotatable bonds is 3. The van der Waals surface area contributed by atoms with Crippen molar-refractivity contribution in [2.24, 2.45) is 5.92 Å². The highest BCUT2D eigenvalue weighted by atomic mass is 19.3. The van der Waals surface area contributed by atoms with Crippen molar-refractivity contribution in [1.29, 1.82) is 0 Å². The molecule has 0 N–H and O–H groups in total. The molecule has 1 aliphatic rings. The molecule has 0 spiro atoms. The van der Waals surface area contributed by atoms with Crippen LogP contribution in [0.5, 0.6) is 0 Å². The number of carbonyl (C=O) groups is 1. The molecule has 1 aliphatic carbocycles. The SMILES string of the molecule is CC(=O)OC[C@H]1[C@H](c2ccccc2)C1(F)F. The van der Waals surface area contributed by atoms with Gasteiger partial charge < -0.3 is 4.74 Å². The Bertz CT molecular complexity index is 389. The number of carbonyl (C=O) groups excluding carboxylic acids is 1. The maximum Gasteiger partial charge on any atom is 0.302 e. The second-order valence-electron chi connectivity index (χ2n) is 3.97. The first-order chi connectivity index (χ1) is 7.53. The summed E-state index contributed by atoms with van der Waals surface area (Å²) in [6.07, 6.45) is 0. The second-order valence-corrected chi connectivity index (χ2v) is 3.97. The molecular weight excluding hydrogens is 214 g/mol. The van der Waals surface area contributed by atoms with Crippen LogP contribution in [-0.4, -0.2) is 18.5 Å². The summed E-state index contributed by atoms with van der Waals surface area (Å²) in [7, 11) is 0. The van der Waals surface area contributed by atoms with Crippen LogP contribution in [0.4, 0.5) is 8.78 Å². The Morgan fingerprint density at radius 1 is 1.38 bits per heavy atom. The molecule has 86 valence electrons. The summed E-state index contributed by atoms with van der Waals surface area (Å²) < 4.78 is 31.4. The van der Waals surface area contributed by atoms with Crippen molar-refractivity contribution in [2.45, 2.75) is 18.8 Å². The van der Waals surface area contributed by atoms with Gasteiger partial charge in [0.1, 0.15) is 6.61 Å². The quantitative estimate of drug-likeness (QED) is 0.740. The molecule has 0 radical (unpaired) electrons. The molecule has 4 heteroatoms. The predicted octanol–water partition coefficient (Wildman–Crippen LogP) is 2.60. The van der Waals surface area contributed by atoms with E-state index in [1.54, 1.807) is 30.3 Å². The van der Waals surface area contributed by atoms with E-state index in [2.05, 4.69) is 4.74 Å². The molecule has 0 heterocycles. The molecular formula is C12H12F2O2. The average molecular weight is 226 g/mol. The molecule has 2 rings (SSSR count). The van der Waals surface area contributed by atoms with Gasteiger partial charge in [-0.2, -0.15) is 0 Å². The van der Waals surface area contributed by atoms with Crippen LogP contribution in [0.15, 0.2) is 30.3 Å². The molecule has 2 nitrogen and oxygen atoms in total. The maximum absolute atomic E-state index is 13.4. The van der Waals surface area contributed by atoms with Crippen LogP contribution in [0, 0.1) is 5.92 Å². The van der Waals surface area contributed by atoms with Crippen molar-refractivity contribution in [2.75, 3.05) is 6.61 Å². The molecule has 2 atom stereocenters. The van der Waals surface area contributed by atoms with E-state index >= 15 is 0 Å². The van der Waals surface area contributed by atoms with Crippen molar-refractivity contribution < 1.29 is 18.3 Å². The van der Waals surface area contributed by atoms with Gasteiger partial charge in [-0.1, -0.05) is 30.3 Å². The van der Waals surface area contributed by atoms with Crippen LogP contribution in [-0.2, 0) is 9.53 Å². The fourth-order valence-electron chi connectivity index (χ4n) is 1.92. The minimum Gasteiger partial charge on any atom is -0.465 e. The number of hydrogen-bond donors (Lipinski definition) is 0. The first kappa shape index (κ1) is 11.0. The van der Waals surface area contributed by atoms with E-state index in [4.69, 9.17) is 0 Å². The molecule has 0 aliphatic heterocycles. The summed E-state index contributed by atoms with van der Waals surface area (Å²) in [5.41, 5.74) is 0.602. The Morgan fingerprint density at radius 3 is 2.56 bits per heavy atom. The molecule has 16 heavy (non-hydrogen) atoms. The number of hydrogen-bond acceptors (Lipinski definition) is 2. The Hall–Kier alpha value is -1.45. The Labute approximate surface area is 92.2 Å². The van der Waals surface area contributed by atoms with Gasteiger partial charge in [-0.25, -0.2) is 8.78 Å². The number of halogens is 2. The first-order valence-electron chi connectivity index (χ1n) is 5.09. The highest BCUT2D eigenvalue weighted by molar-refractivity contribution is 5.66. The van der Waals surface area contributed by atoms with E-state index in [1.807, 2.05) is 0 Å². The first-order valence-corrected chi connectivity index (χ1v) is 5.09. The van der Waals surface area contributed by atoms with Crippen LogP contribution in [0.2, 0.25) is 0 Å². The average Bonchev–Trinajstić information content (AvgIpc) is 2.79. The lowest BCUT2D eigenvalue weighted by atomic mass is 10.1. The van der Waals surface area contributed by atoms with Crippen molar-refractivity contribution >= 4 is 5.97 Å². The Morgan fingerprint density at radius 2 is 2.00 bits per heavy atom. The van der Waals surface area contributed by atoms with E-state index in [1.165, 1.54) is 6.92 Å². The van der Waals surface area contributed by atoms with E-state index in [0.29, 0.717) is 5.56 Å². The maximum atomic E-state index is 13.4. The summed E-state index contributed by atoms with van der Waals surface area (Å²) in [6.45, 7) is 1.01. The third-order valence-corrected chi connectivity index (χ3v) is 2.83. The fraction of sp³-hybridized carbons (Fsp3) is 0.417. The van der Waals surface area contributed by atoms with Crippen LogP contribution in [0.25, 0.3) is 0 Å². The third-order valence-electron chi connectivity index (χ3n) is 2.83. The predicted molar refractivity (Wildman–Crippen MR) is 54.3 cm³/mol. The molecule has 0 unspecified atom stereocenters. The Balaban J connectivity index is 2.05. The zero-order valence-corrected chi connectivity index (χ0v) is 8.82. The lowest BCUT2D eigenvalue weighted by Crippen LogP contribution is -2.06. The molecule has 1 saturated carbocycles. The largest absolute Gasteiger partial charge is 0.465 e. The number of esters is 1. The van der Waals surface area contributed by atoms with Crippen LogP contribution in [0.3, 0.4) is 0 Å². The van der Waals surface area contributed by atoms with Crippen molar-refractivity contribution in [3.8, 4) is 0 Å².